The molecule has 0 N–H and O–H groups in total. The zero-order chi connectivity index (χ0) is 24.9. The van der Waals surface area contributed by atoms with E-state index in [1.165, 1.54) is 11.1 Å². The molecule has 0 unspecified atom stereocenters. The van der Waals surface area contributed by atoms with E-state index < -0.39 is 14.5 Å². The predicted octanol–water partition coefficient (Wildman–Crippen LogP) is 4.87. The molecule has 0 aliphatic heterocycles. The van der Waals surface area contributed by atoms with Crippen LogP contribution in [0.15, 0.2) is 61.1 Å². The first-order chi connectivity index (χ1) is 14.5. The van der Waals surface area contributed by atoms with Crippen molar-refractivity contribution in [3.63, 3.8) is 0 Å². The second-order valence-corrected chi connectivity index (χ2v) is 6.88. The fraction of sp³-hybridized carbons (Fsp3) is 0.263. The molecule has 1 aromatic carbocycles. The summed E-state index contributed by atoms with van der Waals surface area (Å²) in [6.07, 6.45) is 9.42. The summed E-state index contributed by atoms with van der Waals surface area (Å²) >= 11 is 0. The number of benzene rings is 1. The average Bonchev–Trinajstić information content (AvgIpc) is 2.59. The van der Waals surface area contributed by atoms with E-state index in [9.17, 15) is 34.5 Å². The van der Waals surface area contributed by atoms with Crippen molar-refractivity contribution < 1.29 is 43.7 Å². The summed E-state index contributed by atoms with van der Waals surface area (Å²) in [5.41, 5.74) is 3.78. The lowest BCUT2D eigenvalue weighted by atomic mass is 10.1. The number of allylic oxidation sites excluding steroid dienone is 1. The number of hydrogen-bond donors (Lipinski definition) is 0. The Balaban J connectivity index is 0.000000805. The molecule has 0 spiro atoms. The largest absolute Gasteiger partial charge is 0.673 e. The molecular weight excluding hydrogens is 444 g/mol. The molecule has 1 aromatic heterocycles. The molecule has 0 aliphatic rings. The third kappa shape index (κ3) is 19.1. The minimum Gasteiger partial charge on any atom is -0.418 e. The highest BCUT2D eigenvalue weighted by Gasteiger charge is 2.21. The standard InChI is InChI=1S/C19H25N3.2BF4/c1-20(2)15-19(16-21(3)4)22-12-10-18(11-13-22)14-17-8-6-5-7-9-17;2*2-1(3,4)5/h5-13,15-16H,14H2,1-4H3;;/q+2;2*-1. The topological polar surface area (TPSA) is 10.1 Å². The summed E-state index contributed by atoms with van der Waals surface area (Å²) in [7, 11) is -3.86. The molecular formula is C19H25B2F8N3. The summed E-state index contributed by atoms with van der Waals surface area (Å²) in [4.78, 5) is 2.06. The number of rotatable bonds is 5. The van der Waals surface area contributed by atoms with Gasteiger partial charge in [0.1, 0.15) is 14.1 Å². The van der Waals surface area contributed by atoms with E-state index in [4.69, 9.17) is 0 Å². The summed E-state index contributed by atoms with van der Waals surface area (Å²) in [5, 5.41) is 0. The van der Waals surface area contributed by atoms with Crippen LogP contribution in [0.5, 0.6) is 0 Å². The van der Waals surface area contributed by atoms with Gasteiger partial charge in [0, 0.05) is 26.2 Å². The molecule has 0 atom stereocenters. The Morgan fingerprint density at radius 3 is 1.59 bits per heavy atom. The maximum atomic E-state index is 9.75. The molecule has 0 amide bonds. The van der Waals surface area contributed by atoms with Crippen LogP contribution in [0.2, 0.25) is 0 Å². The Morgan fingerprint density at radius 2 is 1.22 bits per heavy atom. The van der Waals surface area contributed by atoms with Gasteiger partial charge in [-0.1, -0.05) is 30.3 Å². The third-order valence-corrected chi connectivity index (χ3v) is 3.23. The Kier molecular flexibility index (Phi) is 12.3. The van der Waals surface area contributed by atoms with Gasteiger partial charge in [0.05, 0.1) is 6.20 Å². The molecule has 13 heteroatoms. The van der Waals surface area contributed by atoms with Crippen LogP contribution in [0, 0.1) is 0 Å². The molecule has 32 heavy (non-hydrogen) atoms. The van der Waals surface area contributed by atoms with Crippen molar-refractivity contribution in [1.29, 1.82) is 0 Å². The monoisotopic (exact) mass is 469 g/mol. The molecule has 0 aliphatic carbocycles. The van der Waals surface area contributed by atoms with Gasteiger partial charge in [-0.15, -0.1) is 0 Å². The normalized spacial score (nSPS) is 11.4. The van der Waals surface area contributed by atoms with Gasteiger partial charge in [0.2, 0.25) is 6.21 Å². The van der Waals surface area contributed by atoms with E-state index in [-0.39, 0.29) is 0 Å². The first-order valence-corrected chi connectivity index (χ1v) is 9.23. The second-order valence-electron chi connectivity index (χ2n) is 6.88. The minimum absolute atomic E-state index is 0.964. The van der Waals surface area contributed by atoms with Gasteiger partial charge < -0.3 is 39.4 Å². The van der Waals surface area contributed by atoms with Crippen molar-refractivity contribution in [3.05, 3.63) is 72.2 Å². The minimum atomic E-state index is -6.00. The third-order valence-electron chi connectivity index (χ3n) is 3.23. The van der Waals surface area contributed by atoms with E-state index in [2.05, 4.69) is 81.3 Å². The molecule has 0 saturated heterocycles. The van der Waals surface area contributed by atoms with Gasteiger partial charge in [-0.2, -0.15) is 4.57 Å². The van der Waals surface area contributed by atoms with Crippen LogP contribution in [-0.2, 0) is 6.42 Å². The van der Waals surface area contributed by atoms with Crippen molar-refractivity contribution in [3.8, 4) is 0 Å². The van der Waals surface area contributed by atoms with Gasteiger partial charge in [-0.05, 0) is 17.5 Å². The number of halogens is 8. The Morgan fingerprint density at radius 1 is 0.812 bits per heavy atom. The lowest BCUT2D eigenvalue weighted by Crippen LogP contribution is -2.34. The van der Waals surface area contributed by atoms with Crippen molar-refractivity contribution in [2.45, 2.75) is 6.42 Å². The summed E-state index contributed by atoms with van der Waals surface area (Å²) in [6, 6.07) is 14.9. The van der Waals surface area contributed by atoms with E-state index in [1.807, 2.05) is 28.2 Å². The molecule has 0 saturated carbocycles. The first kappa shape index (κ1) is 29.1. The second kappa shape index (κ2) is 13.5. The van der Waals surface area contributed by atoms with Crippen LogP contribution in [0.3, 0.4) is 0 Å². The van der Waals surface area contributed by atoms with E-state index >= 15 is 0 Å². The fourth-order valence-corrected chi connectivity index (χ4v) is 2.27. The van der Waals surface area contributed by atoms with Crippen molar-refractivity contribution in [2.24, 2.45) is 0 Å². The zero-order valence-electron chi connectivity index (χ0n) is 18.1. The average molecular weight is 469 g/mol. The van der Waals surface area contributed by atoms with E-state index in [1.54, 1.807) is 0 Å². The molecule has 3 nitrogen and oxygen atoms in total. The van der Waals surface area contributed by atoms with Gasteiger partial charge >= 0.3 is 14.5 Å². The number of aromatic nitrogens is 1. The fourth-order valence-electron chi connectivity index (χ4n) is 2.27. The van der Waals surface area contributed by atoms with Crippen molar-refractivity contribution >= 4 is 26.4 Å². The number of hydrogen-bond acceptors (Lipinski definition) is 1. The SMILES string of the molecule is CN(C)/C=C(\C=[N+](C)C)[n+]1ccc(Cc2ccccc2)cc1.F[B-](F)(F)F.F[B-](F)(F)F. The van der Waals surface area contributed by atoms with Crippen LogP contribution in [0.4, 0.5) is 34.5 Å². The maximum Gasteiger partial charge on any atom is 0.673 e. The molecule has 0 fully saturated rings. The van der Waals surface area contributed by atoms with Crippen LogP contribution in [0.1, 0.15) is 11.1 Å². The van der Waals surface area contributed by atoms with Gasteiger partial charge in [-0.25, -0.2) is 4.58 Å². The summed E-state index contributed by atoms with van der Waals surface area (Å²) < 4.78 is 82.2. The van der Waals surface area contributed by atoms with Crippen molar-refractivity contribution in [1.82, 2.24) is 4.90 Å². The quantitative estimate of drug-likeness (QED) is 0.263. The molecule has 2 aromatic rings. The number of nitrogens with zero attached hydrogens (tertiary/aromatic N) is 3. The van der Waals surface area contributed by atoms with Crippen molar-refractivity contribution in [2.75, 3.05) is 28.2 Å². The highest BCUT2D eigenvalue weighted by atomic mass is 19.5. The van der Waals surface area contributed by atoms with Gasteiger partial charge in [-0.3, -0.25) is 0 Å². The summed E-state index contributed by atoms with van der Waals surface area (Å²) in [5.74, 6) is 0. The molecule has 2 rings (SSSR count). The highest BCUT2D eigenvalue weighted by Crippen LogP contribution is 2.08. The van der Waals surface area contributed by atoms with Crippen LogP contribution >= 0.6 is 0 Å². The van der Waals surface area contributed by atoms with Crippen LogP contribution < -0.4 is 4.57 Å². The van der Waals surface area contributed by atoms with Crippen LogP contribution in [-0.4, -0.2) is 58.4 Å². The number of pyridine rings is 1. The molecule has 0 bridgehead atoms. The lowest BCUT2D eigenvalue weighted by molar-refractivity contribution is -0.580. The highest BCUT2D eigenvalue weighted by molar-refractivity contribution is 6.50. The van der Waals surface area contributed by atoms with E-state index in [0.717, 1.165) is 12.1 Å². The lowest BCUT2D eigenvalue weighted by Gasteiger charge is -2.05. The molecule has 1 heterocycles. The van der Waals surface area contributed by atoms with Gasteiger partial charge in [0.25, 0.3) is 5.70 Å². The Bertz CT molecular complexity index is 822. The van der Waals surface area contributed by atoms with E-state index in [0.29, 0.717) is 0 Å². The predicted molar refractivity (Wildman–Crippen MR) is 112 cm³/mol. The first-order valence-electron chi connectivity index (χ1n) is 9.23. The van der Waals surface area contributed by atoms with Gasteiger partial charge in [0.15, 0.2) is 12.4 Å². The van der Waals surface area contributed by atoms with Crippen LogP contribution in [0.25, 0.3) is 5.70 Å². The molecule has 0 radical (unpaired) electrons. The Hall–Kier alpha value is -2.85. The Labute approximate surface area is 182 Å². The smallest absolute Gasteiger partial charge is 0.418 e. The summed E-state index contributed by atoms with van der Waals surface area (Å²) in [6.45, 7) is 0. The maximum absolute atomic E-state index is 9.75. The zero-order valence-corrected chi connectivity index (χ0v) is 18.1. The molecule has 178 valence electrons.